The number of hydrogen-bond donors (Lipinski definition) is 2. The number of carboxylic acid groups (broad SMARTS) is 1. The zero-order chi connectivity index (χ0) is 13.3. The monoisotopic (exact) mass is 247 g/mol. The van der Waals surface area contributed by atoms with Crippen LogP contribution < -0.4 is 5.56 Å². The second-order valence-corrected chi connectivity index (χ2v) is 4.21. The smallest absolute Gasteiger partial charge is 0.328 e. The molecule has 0 fully saturated rings. The molecule has 6 nitrogen and oxygen atoms in total. The van der Waals surface area contributed by atoms with Gasteiger partial charge in [-0.05, 0) is 26.0 Å². The lowest BCUT2D eigenvalue weighted by Crippen LogP contribution is -2.12. The molecule has 0 unspecified atom stereocenters. The highest BCUT2D eigenvalue weighted by atomic mass is 16.4. The van der Waals surface area contributed by atoms with Crippen molar-refractivity contribution in [2.75, 3.05) is 0 Å². The Hall–Kier alpha value is -2.37. The van der Waals surface area contributed by atoms with Crippen LogP contribution in [0.15, 0.2) is 23.1 Å². The molecule has 2 aromatic rings. The molecule has 0 aliphatic carbocycles. The molecule has 0 aliphatic rings. The molecule has 94 valence electrons. The van der Waals surface area contributed by atoms with Crippen molar-refractivity contribution in [2.24, 2.45) is 0 Å². The predicted molar refractivity (Wildman–Crippen MR) is 67.4 cm³/mol. The highest BCUT2D eigenvalue weighted by Gasteiger charge is 2.08. The summed E-state index contributed by atoms with van der Waals surface area (Å²) in [6.45, 7) is 3.92. The number of hydrogen-bond acceptors (Lipinski definition) is 3. The van der Waals surface area contributed by atoms with Crippen LogP contribution in [-0.2, 0) is 4.79 Å². The topological polar surface area (TPSA) is 88.0 Å². The summed E-state index contributed by atoms with van der Waals surface area (Å²) in [6.07, 6.45) is 3.85. The van der Waals surface area contributed by atoms with Gasteiger partial charge in [0.1, 0.15) is 5.65 Å². The molecule has 0 amide bonds. The first kappa shape index (κ1) is 12.1. The van der Waals surface area contributed by atoms with Crippen LogP contribution in [-0.4, -0.2) is 25.8 Å². The van der Waals surface area contributed by atoms with Gasteiger partial charge < -0.3 is 10.1 Å². The van der Waals surface area contributed by atoms with Crippen LogP contribution in [0.1, 0.15) is 25.5 Å². The number of rotatable bonds is 3. The minimum absolute atomic E-state index is 0.138. The Morgan fingerprint density at radius 1 is 1.56 bits per heavy atom. The number of H-pyrrole nitrogens is 1. The number of aromatic amines is 1. The number of carboxylic acids is 1. The quantitative estimate of drug-likeness (QED) is 0.802. The van der Waals surface area contributed by atoms with E-state index in [-0.39, 0.29) is 11.6 Å². The van der Waals surface area contributed by atoms with Crippen LogP contribution >= 0.6 is 0 Å². The van der Waals surface area contributed by atoms with Crippen molar-refractivity contribution in [1.29, 1.82) is 0 Å². The number of aliphatic carboxylic acids is 1. The second-order valence-electron chi connectivity index (χ2n) is 4.21. The highest BCUT2D eigenvalue weighted by molar-refractivity contribution is 5.86. The molecule has 0 atom stereocenters. The number of pyridine rings is 1. The summed E-state index contributed by atoms with van der Waals surface area (Å²) < 4.78 is 1.71. The Morgan fingerprint density at radius 2 is 2.28 bits per heavy atom. The Kier molecular flexibility index (Phi) is 3.01. The van der Waals surface area contributed by atoms with Crippen molar-refractivity contribution in [2.45, 2.75) is 19.9 Å². The molecular formula is C12H13N3O3. The maximum absolute atomic E-state index is 11.8. The number of nitrogens with zero attached hydrogens (tertiary/aromatic N) is 2. The fourth-order valence-corrected chi connectivity index (χ4v) is 1.70. The maximum atomic E-state index is 11.8. The van der Waals surface area contributed by atoms with Crippen molar-refractivity contribution in [3.8, 4) is 0 Å². The molecule has 0 spiro atoms. The number of aromatic nitrogens is 3. The van der Waals surface area contributed by atoms with E-state index in [1.54, 1.807) is 16.9 Å². The predicted octanol–water partition coefficient (Wildman–Crippen LogP) is 1.40. The summed E-state index contributed by atoms with van der Waals surface area (Å²) in [5.41, 5.74) is 0.609. The number of fused-ring (bicyclic) bond motifs is 1. The Morgan fingerprint density at radius 3 is 2.89 bits per heavy atom. The molecule has 2 rings (SSSR count). The largest absolute Gasteiger partial charge is 0.478 e. The van der Waals surface area contributed by atoms with E-state index >= 15 is 0 Å². The van der Waals surface area contributed by atoms with E-state index in [9.17, 15) is 9.59 Å². The number of carbonyl (C=O) groups is 1. The van der Waals surface area contributed by atoms with E-state index in [0.29, 0.717) is 11.2 Å². The second kappa shape index (κ2) is 4.48. The van der Waals surface area contributed by atoms with Crippen molar-refractivity contribution >= 4 is 23.1 Å². The van der Waals surface area contributed by atoms with Crippen LogP contribution in [0.2, 0.25) is 0 Å². The Bertz CT molecular complexity index is 679. The van der Waals surface area contributed by atoms with E-state index < -0.39 is 5.97 Å². The summed E-state index contributed by atoms with van der Waals surface area (Å²) in [6, 6.07) is 1.76. The van der Waals surface area contributed by atoms with Gasteiger partial charge in [-0.15, -0.1) is 0 Å². The molecule has 0 saturated carbocycles. The molecule has 0 aliphatic heterocycles. The summed E-state index contributed by atoms with van der Waals surface area (Å²) in [4.78, 5) is 24.9. The minimum atomic E-state index is -1.09. The Balaban J connectivity index is 2.58. The van der Waals surface area contributed by atoms with Crippen molar-refractivity contribution in [3.63, 3.8) is 0 Å². The fraction of sp³-hybridized carbons (Fsp3) is 0.250. The molecule has 6 heteroatoms. The van der Waals surface area contributed by atoms with E-state index in [4.69, 9.17) is 5.11 Å². The molecule has 0 saturated heterocycles. The third-order valence-electron chi connectivity index (χ3n) is 2.52. The lowest BCUT2D eigenvalue weighted by atomic mass is 10.2. The van der Waals surface area contributed by atoms with Gasteiger partial charge in [0.15, 0.2) is 0 Å². The van der Waals surface area contributed by atoms with Gasteiger partial charge in [-0.25, -0.2) is 9.48 Å². The lowest BCUT2D eigenvalue weighted by Gasteiger charge is -2.06. The summed E-state index contributed by atoms with van der Waals surface area (Å²) in [5.74, 6) is -1.09. The lowest BCUT2D eigenvalue weighted by molar-refractivity contribution is -0.131. The average molecular weight is 247 g/mol. The van der Waals surface area contributed by atoms with Gasteiger partial charge in [0, 0.05) is 23.1 Å². The third-order valence-corrected chi connectivity index (χ3v) is 2.52. The summed E-state index contributed by atoms with van der Waals surface area (Å²) >= 11 is 0. The zero-order valence-electron chi connectivity index (χ0n) is 10.0. The third kappa shape index (κ3) is 2.17. The van der Waals surface area contributed by atoms with Crippen LogP contribution in [0, 0.1) is 0 Å². The SMILES string of the molecule is CC(C)n1ncc2cc(C=CC(=O)O)c(=O)[nH]c21. The maximum Gasteiger partial charge on any atom is 0.328 e. The molecular weight excluding hydrogens is 234 g/mol. The van der Waals surface area contributed by atoms with Crippen molar-refractivity contribution in [3.05, 3.63) is 34.3 Å². The van der Waals surface area contributed by atoms with Gasteiger partial charge in [0.25, 0.3) is 5.56 Å². The average Bonchev–Trinajstić information content (AvgIpc) is 2.68. The standard InChI is InChI=1S/C12H13N3O3/c1-7(2)15-11-9(6-13-15)5-8(12(18)14-11)3-4-10(16)17/h3-7H,1-2H3,(H,14,18)(H,16,17). The van der Waals surface area contributed by atoms with E-state index in [1.165, 1.54) is 6.08 Å². The van der Waals surface area contributed by atoms with Crippen LogP contribution in [0.3, 0.4) is 0 Å². The van der Waals surface area contributed by atoms with E-state index in [2.05, 4.69) is 10.1 Å². The summed E-state index contributed by atoms with van der Waals surface area (Å²) in [7, 11) is 0. The first-order chi connectivity index (χ1) is 8.49. The molecule has 2 N–H and O–H groups in total. The van der Waals surface area contributed by atoms with Gasteiger partial charge in [0.2, 0.25) is 0 Å². The zero-order valence-corrected chi connectivity index (χ0v) is 10.0. The Labute approximate surface area is 103 Å². The summed E-state index contributed by atoms with van der Waals surface area (Å²) in [5, 5.41) is 13.5. The van der Waals surface area contributed by atoms with E-state index in [0.717, 1.165) is 11.5 Å². The van der Waals surface area contributed by atoms with Gasteiger partial charge in [-0.2, -0.15) is 5.10 Å². The minimum Gasteiger partial charge on any atom is -0.478 e. The molecule has 0 bridgehead atoms. The van der Waals surface area contributed by atoms with Gasteiger partial charge in [-0.1, -0.05) is 0 Å². The van der Waals surface area contributed by atoms with Gasteiger partial charge >= 0.3 is 5.97 Å². The fourth-order valence-electron chi connectivity index (χ4n) is 1.70. The van der Waals surface area contributed by atoms with Crippen molar-refractivity contribution < 1.29 is 9.90 Å². The van der Waals surface area contributed by atoms with Crippen molar-refractivity contribution in [1.82, 2.24) is 14.8 Å². The molecule has 0 aromatic carbocycles. The molecule has 0 radical (unpaired) electrons. The van der Waals surface area contributed by atoms with Crippen LogP contribution in [0.4, 0.5) is 0 Å². The van der Waals surface area contributed by atoms with E-state index in [1.807, 2.05) is 13.8 Å². The molecule has 2 heterocycles. The normalized spacial score (nSPS) is 11.7. The van der Waals surface area contributed by atoms with Gasteiger partial charge in [0.05, 0.1) is 6.20 Å². The first-order valence-electron chi connectivity index (χ1n) is 5.50. The van der Waals surface area contributed by atoms with Crippen LogP contribution in [0.25, 0.3) is 17.1 Å². The molecule has 2 aromatic heterocycles. The van der Waals surface area contributed by atoms with Gasteiger partial charge in [-0.3, -0.25) is 4.79 Å². The first-order valence-corrected chi connectivity index (χ1v) is 5.50. The van der Waals surface area contributed by atoms with Crippen LogP contribution in [0.5, 0.6) is 0 Å². The number of nitrogens with one attached hydrogen (secondary N) is 1. The molecule has 18 heavy (non-hydrogen) atoms. The highest BCUT2D eigenvalue weighted by Crippen LogP contribution is 2.15.